The van der Waals surface area contributed by atoms with Crippen molar-refractivity contribution in [1.29, 1.82) is 0 Å². The Kier molecular flexibility index (Phi) is 6.82. The number of halogens is 1. The number of carbonyl (C=O) groups excluding carboxylic acids is 3. The van der Waals surface area contributed by atoms with Crippen LogP contribution < -0.4 is 5.32 Å². The lowest BCUT2D eigenvalue weighted by Crippen LogP contribution is -2.35. The van der Waals surface area contributed by atoms with Gasteiger partial charge < -0.3 is 14.5 Å². The van der Waals surface area contributed by atoms with Crippen LogP contribution in [0.4, 0.5) is 4.39 Å². The summed E-state index contributed by atoms with van der Waals surface area (Å²) < 4.78 is 24.2. The number of benzene rings is 2. The quantitative estimate of drug-likeness (QED) is 0.542. The molecular weight excluding hydrogens is 441 g/mol. The highest BCUT2D eigenvalue weighted by molar-refractivity contribution is 6.03. The monoisotopic (exact) mass is 463 g/mol. The van der Waals surface area contributed by atoms with Crippen LogP contribution in [0.2, 0.25) is 0 Å². The molecule has 0 fully saturated rings. The van der Waals surface area contributed by atoms with E-state index in [-0.39, 0.29) is 5.56 Å². The normalized spacial score (nSPS) is 15.1. The summed E-state index contributed by atoms with van der Waals surface area (Å²) in [7, 11) is 0. The van der Waals surface area contributed by atoms with Gasteiger partial charge in [-0.2, -0.15) is 5.10 Å². The van der Waals surface area contributed by atoms with E-state index >= 15 is 0 Å². The SMILES string of the molecule is Cc1ccc(C2=NN(C(=O)COC(=O)CNC(=O)c3ccccc3F)[C@@H](c3ccco3)C2)cc1. The molecule has 4 rings (SSSR count). The molecule has 1 aromatic heterocycles. The molecule has 1 N–H and O–H groups in total. The fraction of sp³-hybridized carbons (Fsp3) is 0.200. The maximum absolute atomic E-state index is 13.7. The minimum atomic E-state index is -0.838. The number of furan rings is 1. The minimum Gasteiger partial charge on any atom is -0.467 e. The summed E-state index contributed by atoms with van der Waals surface area (Å²) in [5.74, 6) is -2.29. The molecule has 1 atom stereocenters. The molecule has 3 aromatic rings. The molecule has 2 amide bonds. The Bertz CT molecular complexity index is 1220. The van der Waals surface area contributed by atoms with Gasteiger partial charge in [-0.05, 0) is 36.8 Å². The van der Waals surface area contributed by atoms with E-state index in [1.54, 1.807) is 12.1 Å². The fourth-order valence-electron chi connectivity index (χ4n) is 3.52. The fourth-order valence-corrected chi connectivity index (χ4v) is 3.52. The van der Waals surface area contributed by atoms with Gasteiger partial charge in [0.1, 0.15) is 24.2 Å². The molecule has 34 heavy (non-hydrogen) atoms. The van der Waals surface area contributed by atoms with Gasteiger partial charge in [-0.15, -0.1) is 0 Å². The maximum atomic E-state index is 13.7. The molecule has 0 aliphatic carbocycles. The summed E-state index contributed by atoms with van der Waals surface area (Å²) in [5, 5.41) is 7.99. The summed E-state index contributed by atoms with van der Waals surface area (Å²) in [5.41, 5.74) is 2.50. The maximum Gasteiger partial charge on any atom is 0.325 e. The number of rotatable bonds is 7. The molecule has 1 aliphatic rings. The molecular formula is C25H22FN3O5. The first-order chi connectivity index (χ1) is 16.4. The van der Waals surface area contributed by atoms with Gasteiger partial charge in [-0.25, -0.2) is 9.40 Å². The Morgan fingerprint density at radius 3 is 2.59 bits per heavy atom. The average molecular weight is 463 g/mol. The first-order valence-corrected chi connectivity index (χ1v) is 10.6. The number of hydrogen-bond acceptors (Lipinski definition) is 6. The number of hydrazone groups is 1. The molecule has 174 valence electrons. The largest absolute Gasteiger partial charge is 0.467 e. The van der Waals surface area contributed by atoms with Crippen molar-refractivity contribution < 1.29 is 27.9 Å². The van der Waals surface area contributed by atoms with Gasteiger partial charge >= 0.3 is 5.97 Å². The van der Waals surface area contributed by atoms with Crippen LogP contribution in [0, 0.1) is 12.7 Å². The summed E-state index contributed by atoms with van der Waals surface area (Å²) in [6.45, 7) is 0.894. The predicted octanol–water partition coefficient (Wildman–Crippen LogP) is 3.38. The lowest BCUT2D eigenvalue weighted by Gasteiger charge is -2.19. The van der Waals surface area contributed by atoms with Gasteiger partial charge in [0, 0.05) is 6.42 Å². The van der Waals surface area contributed by atoms with Crippen molar-refractivity contribution in [2.75, 3.05) is 13.2 Å². The van der Waals surface area contributed by atoms with Crippen molar-refractivity contribution in [3.8, 4) is 0 Å². The number of aryl methyl sites for hydroxylation is 1. The third-order valence-electron chi connectivity index (χ3n) is 5.29. The average Bonchev–Trinajstić information content (AvgIpc) is 3.52. The van der Waals surface area contributed by atoms with Crippen LogP contribution in [-0.2, 0) is 14.3 Å². The number of carbonyl (C=O) groups is 3. The van der Waals surface area contributed by atoms with Gasteiger partial charge in [0.05, 0.1) is 17.5 Å². The van der Waals surface area contributed by atoms with Crippen molar-refractivity contribution in [1.82, 2.24) is 10.3 Å². The molecule has 0 saturated heterocycles. The van der Waals surface area contributed by atoms with Crippen LogP contribution in [0.5, 0.6) is 0 Å². The Morgan fingerprint density at radius 2 is 1.88 bits per heavy atom. The van der Waals surface area contributed by atoms with Gasteiger partial charge in [0.15, 0.2) is 6.61 Å². The Hall–Kier alpha value is -4.27. The standard InChI is InChI=1S/C25H22FN3O5/c1-16-8-10-17(11-9-16)20-13-21(22-7-4-12-33-22)29(28-20)23(30)15-34-24(31)14-27-25(32)18-5-2-3-6-19(18)26/h2-12,21H,13-15H2,1H3,(H,27,32)/t21-/m1/s1. The number of esters is 1. The Labute approximate surface area is 195 Å². The Balaban J connectivity index is 1.38. The van der Waals surface area contributed by atoms with Crippen molar-refractivity contribution in [3.63, 3.8) is 0 Å². The molecule has 2 aromatic carbocycles. The second-order valence-electron chi connectivity index (χ2n) is 7.71. The van der Waals surface area contributed by atoms with Crippen LogP contribution in [-0.4, -0.2) is 41.7 Å². The first-order valence-electron chi connectivity index (χ1n) is 10.6. The third kappa shape index (κ3) is 5.20. The molecule has 8 nitrogen and oxygen atoms in total. The second-order valence-corrected chi connectivity index (χ2v) is 7.71. The van der Waals surface area contributed by atoms with Crippen LogP contribution in [0.15, 0.2) is 76.4 Å². The van der Waals surface area contributed by atoms with E-state index in [9.17, 15) is 18.8 Å². The zero-order valence-corrected chi connectivity index (χ0v) is 18.4. The zero-order valence-electron chi connectivity index (χ0n) is 18.4. The summed E-state index contributed by atoms with van der Waals surface area (Å²) in [4.78, 5) is 36.9. The van der Waals surface area contributed by atoms with Crippen molar-refractivity contribution in [2.24, 2.45) is 5.10 Å². The topological polar surface area (TPSA) is 101 Å². The molecule has 2 heterocycles. The smallest absolute Gasteiger partial charge is 0.325 e. The van der Waals surface area contributed by atoms with E-state index in [2.05, 4.69) is 10.4 Å². The number of amides is 2. The summed E-state index contributed by atoms with van der Waals surface area (Å²) in [6.07, 6.45) is 1.95. The lowest BCUT2D eigenvalue weighted by atomic mass is 10.0. The van der Waals surface area contributed by atoms with E-state index in [4.69, 9.17) is 9.15 Å². The van der Waals surface area contributed by atoms with Gasteiger partial charge in [0.2, 0.25) is 0 Å². The molecule has 0 saturated carbocycles. The van der Waals surface area contributed by atoms with E-state index in [1.165, 1.54) is 29.5 Å². The number of nitrogens with one attached hydrogen (secondary N) is 1. The number of ether oxygens (including phenoxy) is 1. The highest BCUT2D eigenvalue weighted by Crippen LogP contribution is 2.33. The lowest BCUT2D eigenvalue weighted by molar-refractivity contribution is -0.152. The molecule has 0 unspecified atom stereocenters. The second kappa shape index (κ2) is 10.1. The van der Waals surface area contributed by atoms with Crippen molar-refractivity contribution in [3.05, 3.63) is 95.2 Å². The van der Waals surface area contributed by atoms with Crippen molar-refractivity contribution in [2.45, 2.75) is 19.4 Å². The van der Waals surface area contributed by atoms with Crippen LogP contribution in [0.3, 0.4) is 0 Å². The predicted molar refractivity (Wildman–Crippen MR) is 120 cm³/mol. The molecule has 0 radical (unpaired) electrons. The molecule has 1 aliphatic heterocycles. The highest BCUT2D eigenvalue weighted by Gasteiger charge is 2.35. The third-order valence-corrected chi connectivity index (χ3v) is 5.29. The number of hydrogen-bond donors (Lipinski definition) is 1. The summed E-state index contributed by atoms with van der Waals surface area (Å²) in [6, 6.07) is 16.2. The van der Waals surface area contributed by atoms with Gasteiger partial charge in [-0.3, -0.25) is 14.4 Å². The van der Waals surface area contributed by atoms with Crippen LogP contribution in [0.25, 0.3) is 0 Å². The van der Waals surface area contributed by atoms with Crippen LogP contribution >= 0.6 is 0 Å². The van der Waals surface area contributed by atoms with Gasteiger partial charge in [-0.1, -0.05) is 42.0 Å². The van der Waals surface area contributed by atoms with E-state index in [1.807, 2.05) is 31.2 Å². The van der Waals surface area contributed by atoms with E-state index in [0.29, 0.717) is 17.9 Å². The first kappa shape index (κ1) is 22.9. The van der Waals surface area contributed by atoms with Crippen LogP contribution in [0.1, 0.15) is 39.7 Å². The molecule has 0 bridgehead atoms. The summed E-state index contributed by atoms with van der Waals surface area (Å²) >= 11 is 0. The van der Waals surface area contributed by atoms with E-state index < -0.39 is 42.8 Å². The minimum absolute atomic E-state index is 0.192. The highest BCUT2D eigenvalue weighted by atomic mass is 19.1. The van der Waals surface area contributed by atoms with Gasteiger partial charge in [0.25, 0.3) is 11.8 Å². The molecule has 0 spiro atoms. The van der Waals surface area contributed by atoms with Crippen molar-refractivity contribution >= 4 is 23.5 Å². The Morgan fingerprint density at radius 1 is 1.12 bits per heavy atom. The molecule has 9 heteroatoms. The number of nitrogens with zero attached hydrogens (tertiary/aromatic N) is 2. The van der Waals surface area contributed by atoms with E-state index in [0.717, 1.165) is 17.2 Å². The zero-order chi connectivity index (χ0) is 24.1.